The van der Waals surface area contributed by atoms with Gasteiger partial charge in [0, 0.05) is 38.3 Å². The minimum Gasteiger partial charge on any atom is -0.296 e. The van der Waals surface area contributed by atoms with E-state index in [0.717, 1.165) is 26.2 Å². The van der Waals surface area contributed by atoms with Crippen LogP contribution in [-0.2, 0) is 6.54 Å². The van der Waals surface area contributed by atoms with Crippen LogP contribution < -0.4 is 0 Å². The van der Waals surface area contributed by atoms with Crippen LogP contribution in [0.5, 0.6) is 0 Å². The normalized spacial score (nSPS) is 17.6. The van der Waals surface area contributed by atoms with Gasteiger partial charge in [-0.25, -0.2) is 4.39 Å². The van der Waals surface area contributed by atoms with Gasteiger partial charge in [0.1, 0.15) is 5.82 Å². The van der Waals surface area contributed by atoms with Crippen LogP contribution >= 0.6 is 11.6 Å². The summed E-state index contributed by atoms with van der Waals surface area (Å²) >= 11 is 5.76. The highest BCUT2D eigenvalue weighted by atomic mass is 35.5. The molecule has 3 nitrogen and oxygen atoms in total. The van der Waals surface area contributed by atoms with Gasteiger partial charge >= 0.3 is 0 Å². The van der Waals surface area contributed by atoms with Crippen LogP contribution in [0.2, 0.25) is 5.02 Å². The fourth-order valence-electron chi connectivity index (χ4n) is 2.12. The third kappa shape index (κ3) is 3.20. The Kier molecular flexibility index (Phi) is 4.54. The fourth-order valence-corrected chi connectivity index (χ4v) is 2.31. The van der Waals surface area contributed by atoms with Crippen molar-refractivity contribution >= 4 is 11.6 Å². The standard InChI is InChI=1S/C13H15ClFN3/c14-12-3-1-2-11(13(12)15)10-18-8-6-17(5-4-16)7-9-18/h1-3H,5-10H2. The molecule has 1 aromatic carbocycles. The van der Waals surface area contributed by atoms with E-state index in [9.17, 15) is 4.39 Å². The number of piperazine rings is 1. The molecule has 1 aromatic rings. The highest BCUT2D eigenvalue weighted by Gasteiger charge is 2.18. The molecule has 1 heterocycles. The van der Waals surface area contributed by atoms with E-state index in [1.807, 2.05) is 0 Å². The minimum absolute atomic E-state index is 0.176. The first-order valence-corrected chi connectivity index (χ1v) is 6.33. The summed E-state index contributed by atoms with van der Waals surface area (Å²) in [5.74, 6) is -0.321. The maximum atomic E-state index is 13.7. The van der Waals surface area contributed by atoms with Crippen molar-refractivity contribution < 1.29 is 4.39 Å². The zero-order chi connectivity index (χ0) is 13.0. The van der Waals surface area contributed by atoms with Gasteiger partial charge in [-0.15, -0.1) is 0 Å². The molecule has 0 saturated carbocycles. The summed E-state index contributed by atoms with van der Waals surface area (Å²) < 4.78 is 13.7. The summed E-state index contributed by atoms with van der Waals surface area (Å²) in [5, 5.41) is 8.79. The van der Waals surface area contributed by atoms with Crippen molar-refractivity contribution in [3.63, 3.8) is 0 Å². The van der Waals surface area contributed by atoms with E-state index in [1.54, 1.807) is 18.2 Å². The lowest BCUT2D eigenvalue weighted by Gasteiger charge is -2.33. The Morgan fingerprint density at radius 1 is 1.22 bits per heavy atom. The van der Waals surface area contributed by atoms with Crippen LogP contribution in [0.25, 0.3) is 0 Å². The number of nitriles is 1. The molecule has 0 atom stereocenters. The van der Waals surface area contributed by atoms with Gasteiger partial charge in [-0.3, -0.25) is 9.80 Å². The Bertz CT molecular complexity index is 450. The first-order chi connectivity index (χ1) is 8.70. The van der Waals surface area contributed by atoms with Gasteiger partial charge in [0.15, 0.2) is 0 Å². The molecule has 1 saturated heterocycles. The molecule has 0 aliphatic carbocycles. The highest BCUT2D eigenvalue weighted by molar-refractivity contribution is 6.30. The van der Waals surface area contributed by atoms with E-state index in [-0.39, 0.29) is 10.8 Å². The fraction of sp³-hybridized carbons (Fsp3) is 0.462. The van der Waals surface area contributed by atoms with E-state index in [2.05, 4.69) is 15.9 Å². The second kappa shape index (κ2) is 6.14. The van der Waals surface area contributed by atoms with Crippen molar-refractivity contribution in [1.82, 2.24) is 9.80 Å². The van der Waals surface area contributed by atoms with Crippen molar-refractivity contribution in [3.05, 3.63) is 34.6 Å². The maximum Gasteiger partial charge on any atom is 0.146 e. The zero-order valence-electron chi connectivity index (χ0n) is 10.1. The summed E-state index contributed by atoms with van der Waals surface area (Å²) in [5.41, 5.74) is 0.635. The lowest BCUT2D eigenvalue weighted by Crippen LogP contribution is -2.45. The molecule has 1 aliphatic rings. The average molecular weight is 268 g/mol. The molecular formula is C13H15ClFN3. The maximum absolute atomic E-state index is 13.7. The van der Waals surface area contributed by atoms with Crippen LogP contribution in [0.4, 0.5) is 4.39 Å². The Hall–Kier alpha value is -1.15. The molecule has 0 N–H and O–H groups in total. The molecule has 0 bridgehead atoms. The lowest BCUT2D eigenvalue weighted by molar-refractivity contribution is 0.137. The van der Waals surface area contributed by atoms with Crippen LogP contribution in [0, 0.1) is 17.1 Å². The predicted octanol–water partition coefficient (Wildman–Crippen LogP) is 2.12. The van der Waals surface area contributed by atoms with Crippen LogP contribution in [0.3, 0.4) is 0 Å². The van der Waals surface area contributed by atoms with E-state index in [4.69, 9.17) is 16.9 Å². The van der Waals surface area contributed by atoms with Crippen molar-refractivity contribution in [2.45, 2.75) is 6.54 Å². The summed E-state index contributed by atoms with van der Waals surface area (Å²) in [6.45, 7) is 4.47. The molecule has 0 unspecified atom stereocenters. The first kappa shape index (κ1) is 13.3. The Morgan fingerprint density at radius 2 is 1.89 bits per heavy atom. The zero-order valence-corrected chi connectivity index (χ0v) is 10.8. The first-order valence-electron chi connectivity index (χ1n) is 5.95. The van der Waals surface area contributed by atoms with Crippen molar-refractivity contribution in [3.8, 4) is 6.07 Å². The monoisotopic (exact) mass is 267 g/mol. The molecular weight excluding hydrogens is 253 g/mol. The second-order valence-electron chi connectivity index (χ2n) is 4.42. The molecule has 0 spiro atoms. The van der Waals surface area contributed by atoms with Crippen LogP contribution in [-0.4, -0.2) is 42.5 Å². The van der Waals surface area contributed by atoms with E-state index >= 15 is 0 Å². The van der Waals surface area contributed by atoms with E-state index in [1.165, 1.54) is 0 Å². The molecule has 0 aromatic heterocycles. The van der Waals surface area contributed by atoms with Gasteiger partial charge in [0.2, 0.25) is 0 Å². The number of hydrogen-bond donors (Lipinski definition) is 0. The topological polar surface area (TPSA) is 30.3 Å². The molecule has 0 radical (unpaired) electrons. The van der Waals surface area contributed by atoms with Crippen molar-refractivity contribution in [2.75, 3.05) is 32.7 Å². The third-order valence-corrected chi connectivity index (χ3v) is 3.48. The van der Waals surface area contributed by atoms with Gasteiger partial charge in [0.05, 0.1) is 17.6 Å². The summed E-state index contributed by atoms with van der Waals surface area (Å²) in [4.78, 5) is 4.29. The Labute approximate surface area is 111 Å². The van der Waals surface area contributed by atoms with Gasteiger partial charge in [0.25, 0.3) is 0 Å². The molecule has 18 heavy (non-hydrogen) atoms. The molecule has 5 heteroatoms. The molecule has 2 rings (SSSR count). The quantitative estimate of drug-likeness (QED) is 0.786. The average Bonchev–Trinajstić information content (AvgIpc) is 2.38. The van der Waals surface area contributed by atoms with Crippen molar-refractivity contribution in [1.29, 1.82) is 5.26 Å². The number of halogens is 2. The van der Waals surface area contributed by atoms with Gasteiger partial charge in [-0.05, 0) is 6.07 Å². The largest absolute Gasteiger partial charge is 0.296 e. The van der Waals surface area contributed by atoms with Gasteiger partial charge in [-0.2, -0.15) is 5.26 Å². The number of nitrogens with zero attached hydrogens (tertiary/aromatic N) is 3. The molecule has 96 valence electrons. The van der Waals surface area contributed by atoms with Crippen molar-refractivity contribution in [2.24, 2.45) is 0 Å². The Morgan fingerprint density at radius 3 is 2.56 bits per heavy atom. The summed E-state index contributed by atoms with van der Waals surface area (Å²) in [7, 11) is 0. The van der Waals surface area contributed by atoms with Crippen LogP contribution in [0.1, 0.15) is 5.56 Å². The SMILES string of the molecule is N#CCN1CCN(Cc2cccc(Cl)c2F)CC1. The van der Waals surface area contributed by atoms with Gasteiger partial charge < -0.3 is 0 Å². The summed E-state index contributed by atoms with van der Waals surface area (Å²) in [6.07, 6.45) is 0. The highest BCUT2D eigenvalue weighted by Crippen LogP contribution is 2.19. The predicted molar refractivity (Wildman–Crippen MR) is 68.7 cm³/mol. The van der Waals surface area contributed by atoms with E-state index < -0.39 is 0 Å². The second-order valence-corrected chi connectivity index (χ2v) is 4.83. The molecule has 1 aliphatic heterocycles. The smallest absolute Gasteiger partial charge is 0.146 e. The Balaban J connectivity index is 1.92. The summed E-state index contributed by atoms with van der Waals surface area (Å²) in [6, 6.07) is 7.25. The third-order valence-electron chi connectivity index (χ3n) is 3.18. The number of benzene rings is 1. The number of hydrogen-bond acceptors (Lipinski definition) is 3. The lowest BCUT2D eigenvalue weighted by atomic mass is 10.2. The molecule has 0 amide bonds. The van der Waals surface area contributed by atoms with E-state index in [0.29, 0.717) is 18.7 Å². The van der Waals surface area contributed by atoms with Crippen LogP contribution in [0.15, 0.2) is 18.2 Å². The number of rotatable bonds is 3. The molecule has 1 fully saturated rings. The minimum atomic E-state index is -0.321. The van der Waals surface area contributed by atoms with Gasteiger partial charge in [-0.1, -0.05) is 23.7 Å².